The zero-order valence-electron chi connectivity index (χ0n) is 16.2. The highest BCUT2D eigenvalue weighted by molar-refractivity contribution is 7.98. The van der Waals surface area contributed by atoms with Crippen LogP contribution < -0.4 is 30.9 Å². The minimum atomic E-state index is -0.481. The van der Waals surface area contributed by atoms with E-state index in [-0.39, 0.29) is 5.82 Å². The van der Waals surface area contributed by atoms with E-state index in [4.69, 9.17) is 20.1 Å². The van der Waals surface area contributed by atoms with Crippen molar-refractivity contribution in [3.63, 3.8) is 0 Å². The summed E-state index contributed by atoms with van der Waals surface area (Å²) in [4.78, 5) is 12.5. The van der Waals surface area contributed by atoms with Crippen molar-refractivity contribution in [2.45, 2.75) is 10.9 Å². The van der Waals surface area contributed by atoms with E-state index in [1.54, 1.807) is 45.6 Å². The van der Waals surface area contributed by atoms with E-state index in [1.807, 2.05) is 18.2 Å². The minimum absolute atomic E-state index is 0.0353. The molecule has 0 spiro atoms. The van der Waals surface area contributed by atoms with Crippen LogP contribution in [0.15, 0.2) is 52.4 Å². The minimum Gasteiger partial charge on any atom is -0.497 e. The van der Waals surface area contributed by atoms with Crippen LogP contribution in [0.5, 0.6) is 17.2 Å². The topological polar surface area (TPSA) is 114 Å². The molecule has 10 heteroatoms. The maximum Gasteiger partial charge on any atom is 0.315 e. The van der Waals surface area contributed by atoms with Crippen LogP contribution in [0.2, 0.25) is 0 Å². The summed E-state index contributed by atoms with van der Waals surface area (Å²) in [6, 6.07) is 12.6. The highest BCUT2D eigenvalue weighted by atomic mass is 32.2. The lowest BCUT2D eigenvalue weighted by Gasteiger charge is -2.11. The molecule has 2 aromatic carbocycles. The molecule has 0 aliphatic heterocycles. The molecule has 0 aliphatic rings. The molecule has 0 saturated carbocycles. The van der Waals surface area contributed by atoms with Gasteiger partial charge in [0.1, 0.15) is 5.75 Å². The van der Waals surface area contributed by atoms with Gasteiger partial charge >= 0.3 is 5.56 Å². The van der Waals surface area contributed by atoms with Gasteiger partial charge in [-0.2, -0.15) is 4.68 Å². The number of rotatable bonds is 8. The second-order valence-electron chi connectivity index (χ2n) is 5.84. The van der Waals surface area contributed by atoms with E-state index in [0.29, 0.717) is 33.8 Å². The predicted molar refractivity (Wildman–Crippen MR) is 112 cm³/mol. The fourth-order valence-corrected chi connectivity index (χ4v) is 3.29. The molecule has 0 saturated heterocycles. The number of methoxy groups -OCH3 is 3. The molecular weight excluding hydrogens is 394 g/mol. The largest absolute Gasteiger partial charge is 0.497 e. The first-order chi connectivity index (χ1) is 14.0. The number of nitrogen functional groups attached to an aromatic ring is 1. The Balaban J connectivity index is 1.73. The van der Waals surface area contributed by atoms with Gasteiger partial charge < -0.3 is 25.4 Å². The van der Waals surface area contributed by atoms with Crippen molar-refractivity contribution in [1.29, 1.82) is 0 Å². The van der Waals surface area contributed by atoms with Crippen molar-refractivity contribution < 1.29 is 14.2 Å². The number of thioether (sulfide) groups is 1. The van der Waals surface area contributed by atoms with Crippen molar-refractivity contribution in [2.75, 3.05) is 32.5 Å². The highest BCUT2D eigenvalue weighted by Crippen LogP contribution is 2.30. The molecule has 3 N–H and O–H groups in total. The number of anilines is 2. The Morgan fingerprint density at radius 3 is 2.38 bits per heavy atom. The van der Waals surface area contributed by atoms with E-state index >= 15 is 0 Å². The first kappa shape index (κ1) is 20.3. The van der Waals surface area contributed by atoms with Crippen molar-refractivity contribution in [3.8, 4) is 17.2 Å². The number of aromatic nitrogens is 3. The van der Waals surface area contributed by atoms with Gasteiger partial charge in [-0.15, -0.1) is 10.2 Å². The Bertz CT molecular complexity index is 1040. The fourth-order valence-electron chi connectivity index (χ4n) is 2.49. The number of nitrogens with zero attached hydrogens (tertiary/aromatic N) is 3. The molecule has 0 bridgehead atoms. The summed E-state index contributed by atoms with van der Waals surface area (Å²) in [6.45, 7) is 0. The molecule has 0 amide bonds. The molecular formula is C19H21N5O4S. The van der Waals surface area contributed by atoms with Crippen molar-refractivity contribution in [1.82, 2.24) is 14.9 Å². The zero-order chi connectivity index (χ0) is 20.8. The summed E-state index contributed by atoms with van der Waals surface area (Å²) in [6.07, 6.45) is 0. The summed E-state index contributed by atoms with van der Waals surface area (Å²) < 4.78 is 16.6. The van der Waals surface area contributed by atoms with Crippen LogP contribution in [-0.2, 0) is 5.75 Å². The van der Waals surface area contributed by atoms with Crippen LogP contribution in [0.25, 0.3) is 0 Å². The monoisotopic (exact) mass is 415 g/mol. The fraction of sp³-hybridized carbons (Fsp3) is 0.211. The van der Waals surface area contributed by atoms with Gasteiger partial charge in [-0.05, 0) is 42.0 Å². The number of hydrogen-bond donors (Lipinski definition) is 2. The van der Waals surface area contributed by atoms with E-state index in [2.05, 4.69) is 15.5 Å². The van der Waals surface area contributed by atoms with Gasteiger partial charge in [0.25, 0.3) is 0 Å². The van der Waals surface area contributed by atoms with E-state index in [0.717, 1.165) is 10.2 Å². The Morgan fingerprint density at radius 1 is 1.00 bits per heavy atom. The predicted octanol–water partition coefficient (Wildman–Crippen LogP) is 2.41. The Labute approximate surface area is 171 Å². The van der Waals surface area contributed by atoms with Crippen molar-refractivity contribution in [3.05, 3.63) is 58.4 Å². The molecule has 1 heterocycles. The molecule has 0 fully saturated rings. The van der Waals surface area contributed by atoms with E-state index < -0.39 is 5.56 Å². The summed E-state index contributed by atoms with van der Waals surface area (Å²) in [5.41, 5.74) is 1.15. The summed E-state index contributed by atoms with van der Waals surface area (Å²) in [5.74, 6) is 8.46. The molecule has 1 aromatic heterocycles. The summed E-state index contributed by atoms with van der Waals surface area (Å²) in [5, 5.41) is 11.3. The Kier molecular flexibility index (Phi) is 6.45. The van der Waals surface area contributed by atoms with Crippen LogP contribution in [0, 0.1) is 0 Å². The lowest BCUT2D eigenvalue weighted by atomic mass is 10.2. The Morgan fingerprint density at radius 2 is 1.72 bits per heavy atom. The van der Waals surface area contributed by atoms with Gasteiger partial charge in [0, 0.05) is 11.4 Å². The van der Waals surface area contributed by atoms with Crippen molar-refractivity contribution in [2.24, 2.45) is 0 Å². The lowest BCUT2D eigenvalue weighted by Crippen LogP contribution is -2.32. The van der Waals surface area contributed by atoms with Crippen LogP contribution in [-0.4, -0.2) is 36.2 Å². The Hall–Kier alpha value is -3.40. The van der Waals surface area contributed by atoms with Gasteiger partial charge in [-0.3, -0.25) is 4.79 Å². The van der Waals surface area contributed by atoms with Crippen molar-refractivity contribution >= 4 is 23.3 Å². The van der Waals surface area contributed by atoms with Gasteiger partial charge in [0.15, 0.2) is 11.5 Å². The molecule has 0 aliphatic carbocycles. The molecule has 9 nitrogen and oxygen atoms in total. The third-order valence-corrected chi connectivity index (χ3v) is 5.05. The number of benzene rings is 2. The van der Waals surface area contributed by atoms with Crippen LogP contribution in [0.3, 0.4) is 0 Å². The maximum absolute atomic E-state index is 12.5. The van der Waals surface area contributed by atoms with Crippen LogP contribution in [0.4, 0.5) is 11.5 Å². The first-order valence-corrected chi connectivity index (χ1v) is 9.54. The normalized spacial score (nSPS) is 10.4. The second kappa shape index (κ2) is 9.20. The SMILES string of the molecule is COc1ccc(Nc2nnc(SCc3ccc(OC)c(OC)c3)n(N)c2=O)cc1. The quantitative estimate of drug-likeness (QED) is 0.423. The molecule has 3 aromatic rings. The smallest absolute Gasteiger partial charge is 0.315 e. The number of nitrogens with one attached hydrogen (secondary N) is 1. The molecule has 152 valence electrons. The maximum atomic E-state index is 12.5. The zero-order valence-corrected chi connectivity index (χ0v) is 17.0. The highest BCUT2D eigenvalue weighted by Gasteiger charge is 2.12. The molecule has 29 heavy (non-hydrogen) atoms. The first-order valence-electron chi connectivity index (χ1n) is 8.55. The van der Waals surface area contributed by atoms with Gasteiger partial charge in [-0.25, -0.2) is 0 Å². The molecule has 3 rings (SSSR count). The van der Waals surface area contributed by atoms with Gasteiger partial charge in [0.2, 0.25) is 11.0 Å². The third-order valence-electron chi connectivity index (χ3n) is 4.03. The molecule has 0 unspecified atom stereocenters. The van der Waals surface area contributed by atoms with Gasteiger partial charge in [-0.1, -0.05) is 17.8 Å². The number of hydrogen-bond acceptors (Lipinski definition) is 9. The summed E-state index contributed by atoms with van der Waals surface area (Å²) >= 11 is 1.29. The average Bonchev–Trinajstić information content (AvgIpc) is 2.76. The second-order valence-corrected chi connectivity index (χ2v) is 6.78. The third kappa shape index (κ3) is 4.72. The molecule has 0 atom stereocenters. The van der Waals surface area contributed by atoms with Crippen LogP contribution >= 0.6 is 11.8 Å². The summed E-state index contributed by atoms with van der Waals surface area (Å²) in [7, 11) is 4.74. The number of nitrogens with two attached hydrogens (primary N) is 1. The van der Waals surface area contributed by atoms with Crippen LogP contribution in [0.1, 0.15) is 5.56 Å². The van der Waals surface area contributed by atoms with E-state index in [1.165, 1.54) is 11.8 Å². The van der Waals surface area contributed by atoms with Gasteiger partial charge in [0.05, 0.1) is 21.3 Å². The average molecular weight is 415 g/mol. The molecule has 0 radical (unpaired) electrons. The number of ether oxygens (including phenoxy) is 3. The van der Waals surface area contributed by atoms with E-state index in [9.17, 15) is 4.79 Å². The lowest BCUT2D eigenvalue weighted by molar-refractivity contribution is 0.354. The standard InChI is InChI=1S/C19H21N5O4S/c1-26-14-7-5-13(6-8-14)21-17-18(25)24(20)19(23-22-17)29-11-12-4-9-15(27-2)16(10-12)28-3/h4-10H,11,20H2,1-3H3,(H,21,22).